The number of rotatable bonds is 5. The fourth-order valence-electron chi connectivity index (χ4n) is 5.48. The molecule has 1 aliphatic carbocycles. The second kappa shape index (κ2) is 9.80. The Kier molecular flexibility index (Phi) is 6.63. The average molecular weight is 462 g/mol. The molecule has 0 bridgehead atoms. The fourth-order valence-corrected chi connectivity index (χ4v) is 6.37. The van der Waals surface area contributed by atoms with Crippen LogP contribution in [-0.2, 0) is 21.6 Å². The summed E-state index contributed by atoms with van der Waals surface area (Å²) in [5, 5.41) is 12.9. The Morgan fingerprint density at radius 3 is 2.52 bits per heavy atom. The molecule has 2 aromatic carbocycles. The first-order valence-electron chi connectivity index (χ1n) is 12.0. The summed E-state index contributed by atoms with van der Waals surface area (Å²) in [6.07, 6.45) is 5.14. The second-order valence-corrected chi connectivity index (χ2v) is 10.1. The maximum absolute atomic E-state index is 13.4. The van der Waals surface area contributed by atoms with Crippen LogP contribution in [-0.4, -0.2) is 35.1 Å². The average Bonchev–Trinajstić information content (AvgIpc) is 3.37. The number of thiophene rings is 1. The molecule has 0 saturated carbocycles. The molecule has 1 aromatic heterocycles. The summed E-state index contributed by atoms with van der Waals surface area (Å²) < 4.78 is 6.46. The van der Waals surface area contributed by atoms with Crippen molar-refractivity contribution in [2.75, 3.05) is 13.1 Å². The maximum atomic E-state index is 13.4. The van der Waals surface area contributed by atoms with E-state index in [0.717, 1.165) is 36.4 Å². The van der Waals surface area contributed by atoms with E-state index in [1.54, 1.807) is 23.5 Å². The van der Waals surface area contributed by atoms with Crippen LogP contribution >= 0.6 is 11.3 Å². The smallest absolute Gasteiger partial charge is 0.340 e. The van der Waals surface area contributed by atoms with E-state index >= 15 is 0 Å². The molecule has 33 heavy (non-hydrogen) atoms. The summed E-state index contributed by atoms with van der Waals surface area (Å²) in [6.45, 7) is 2.20. The van der Waals surface area contributed by atoms with E-state index in [4.69, 9.17) is 4.74 Å². The number of aryl methyl sites for hydroxylation is 1. The summed E-state index contributed by atoms with van der Waals surface area (Å²) in [5.41, 5.74) is 1.93. The number of fused-ring (bicyclic) bond motifs is 1. The maximum Gasteiger partial charge on any atom is 0.340 e. The van der Waals surface area contributed by atoms with Gasteiger partial charge in [0.05, 0.1) is 4.88 Å². The van der Waals surface area contributed by atoms with Crippen LogP contribution < -0.4 is 0 Å². The highest BCUT2D eigenvalue weighted by Gasteiger charge is 2.46. The third-order valence-electron chi connectivity index (χ3n) is 7.16. The van der Waals surface area contributed by atoms with Crippen molar-refractivity contribution < 1.29 is 14.6 Å². The predicted molar refractivity (Wildman–Crippen MR) is 131 cm³/mol. The number of carbonyl (C=O) groups is 1. The number of likely N-dealkylation sites (tertiary alicyclic amines) is 1. The van der Waals surface area contributed by atoms with E-state index in [2.05, 4.69) is 29.2 Å². The van der Waals surface area contributed by atoms with Crippen molar-refractivity contribution in [2.24, 2.45) is 0 Å². The van der Waals surface area contributed by atoms with E-state index in [1.165, 1.54) is 24.8 Å². The molecule has 5 heteroatoms. The topological polar surface area (TPSA) is 49.8 Å². The van der Waals surface area contributed by atoms with Gasteiger partial charge in [-0.3, -0.25) is 0 Å². The van der Waals surface area contributed by atoms with Gasteiger partial charge in [0.15, 0.2) is 11.7 Å². The molecule has 1 saturated heterocycles. The number of aliphatic hydroxyl groups excluding tert-OH is 1. The monoisotopic (exact) mass is 461 g/mol. The van der Waals surface area contributed by atoms with E-state index in [-0.39, 0.29) is 0 Å². The number of benzene rings is 2. The number of piperidine rings is 1. The molecule has 3 aromatic rings. The van der Waals surface area contributed by atoms with Gasteiger partial charge >= 0.3 is 5.97 Å². The van der Waals surface area contributed by atoms with Crippen LogP contribution in [0.5, 0.6) is 0 Å². The zero-order chi connectivity index (χ0) is 22.7. The molecule has 172 valence electrons. The largest absolute Gasteiger partial charge is 0.446 e. The first-order chi connectivity index (χ1) is 16.2. The minimum absolute atomic E-state index is 0.321. The van der Waals surface area contributed by atoms with Crippen molar-refractivity contribution in [1.82, 2.24) is 4.90 Å². The molecule has 1 N–H and O–H groups in total. The third kappa shape index (κ3) is 4.50. The minimum atomic E-state index is -1.31. The van der Waals surface area contributed by atoms with Crippen LogP contribution in [0.2, 0.25) is 0 Å². The lowest BCUT2D eigenvalue weighted by molar-refractivity contribution is -0.169. The lowest BCUT2D eigenvalue weighted by atomic mass is 9.84. The van der Waals surface area contributed by atoms with Gasteiger partial charge in [-0.05, 0) is 61.3 Å². The lowest BCUT2D eigenvalue weighted by Gasteiger charge is -2.40. The Morgan fingerprint density at radius 2 is 1.76 bits per heavy atom. The number of carbonyl (C=O) groups excluding carboxylic acids is 1. The molecule has 2 aliphatic rings. The predicted octanol–water partition coefficient (Wildman–Crippen LogP) is 5.46. The number of esters is 1. The van der Waals surface area contributed by atoms with Crippen LogP contribution in [0.15, 0.2) is 72.1 Å². The highest BCUT2D eigenvalue weighted by atomic mass is 32.1. The number of hydrogen-bond donors (Lipinski definition) is 1. The minimum Gasteiger partial charge on any atom is -0.446 e. The molecule has 0 amide bonds. The number of nitrogens with zero attached hydrogens (tertiary/aromatic N) is 1. The van der Waals surface area contributed by atoms with Gasteiger partial charge in [-0.15, -0.1) is 11.3 Å². The zero-order valence-corrected chi connectivity index (χ0v) is 19.7. The SMILES string of the molecule is O=C(O[C@@]1(c2cccs2)C[C@H](N2CCCCC2)CCc2ccccc21)C(O)c1ccccc1. The van der Waals surface area contributed by atoms with Gasteiger partial charge in [-0.1, -0.05) is 67.1 Å². The molecule has 5 rings (SSSR count). The number of aliphatic hydroxyl groups is 1. The quantitative estimate of drug-likeness (QED) is 0.405. The summed E-state index contributed by atoms with van der Waals surface area (Å²) in [5.74, 6) is -0.594. The summed E-state index contributed by atoms with van der Waals surface area (Å²) in [4.78, 5) is 17.1. The van der Waals surface area contributed by atoms with Crippen molar-refractivity contribution in [2.45, 2.75) is 56.3 Å². The van der Waals surface area contributed by atoms with Crippen molar-refractivity contribution in [3.63, 3.8) is 0 Å². The highest BCUT2D eigenvalue weighted by molar-refractivity contribution is 7.10. The Balaban J connectivity index is 1.57. The Bertz CT molecular complexity index is 1060. The molecule has 1 unspecified atom stereocenters. The second-order valence-electron chi connectivity index (χ2n) is 9.19. The molecule has 0 radical (unpaired) electrons. The van der Waals surface area contributed by atoms with Gasteiger partial charge in [-0.25, -0.2) is 4.79 Å². The van der Waals surface area contributed by atoms with Gasteiger partial charge < -0.3 is 14.7 Å². The van der Waals surface area contributed by atoms with E-state index in [0.29, 0.717) is 18.0 Å². The van der Waals surface area contributed by atoms with Gasteiger partial charge in [0, 0.05) is 18.0 Å². The van der Waals surface area contributed by atoms with Gasteiger partial charge in [-0.2, -0.15) is 0 Å². The summed E-state index contributed by atoms with van der Waals surface area (Å²) >= 11 is 1.62. The fraction of sp³-hybridized carbons (Fsp3) is 0.393. The molecule has 4 nitrogen and oxygen atoms in total. The van der Waals surface area contributed by atoms with Crippen molar-refractivity contribution >= 4 is 17.3 Å². The van der Waals surface area contributed by atoms with Crippen molar-refractivity contribution in [3.05, 3.63) is 93.7 Å². The van der Waals surface area contributed by atoms with E-state index in [9.17, 15) is 9.90 Å². The van der Waals surface area contributed by atoms with Gasteiger partial charge in [0.25, 0.3) is 0 Å². The first kappa shape index (κ1) is 22.3. The number of ether oxygens (including phenoxy) is 1. The Morgan fingerprint density at radius 1 is 1.00 bits per heavy atom. The van der Waals surface area contributed by atoms with Crippen LogP contribution in [0, 0.1) is 0 Å². The molecule has 1 fully saturated rings. The van der Waals surface area contributed by atoms with E-state index in [1.807, 2.05) is 35.7 Å². The first-order valence-corrected chi connectivity index (χ1v) is 12.9. The molecule has 0 spiro atoms. The lowest BCUT2D eigenvalue weighted by Crippen LogP contribution is -2.45. The normalized spacial score (nSPS) is 24.5. The van der Waals surface area contributed by atoms with Crippen LogP contribution in [0.1, 0.15) is 59.8 Å². The van der Waals surface area contributed by atoms with Crippen LogP contribution in [0.3, 0.4) is 0 Å². The third-order valence-corrected chi connectivity index (χ3v) is 8.18. The standard InChI is InChI=1S/C28H31NO3S/c30-26(22-11-3-1-4-12-22)27(31)32-28(25-14-9-19-33-25)20-23(29-17-7-2-8-18-29)16-15-21-10-5-6-13-24(21)28/h1,3-6,9-14,19,23,26,30H,2,7-8,15-18,20H2/t23-,26?,28+/m1/s1. The molecule has 1 aliphatic heterocycles. The van der Waals surface area contributed by atoms with Crippen molar-refractivity contribution in [1.29, 1.82) is 0 Å². The van der Waals surface area contributed by atoms with Gasteiger partial charge in [0.1, 0.15) is 0 Å². The Hall–Kier alpha value is -2.47. The Labute approximate surface area is 199 Å². The van der Waals surface area contributed by atoms with E-state index < -0.39 is 17.7 Å². The molecular weight excluding hydrogens is 430 g/mol. The summed E-state index contributed by atoms with van der Waals surface area (Å²) in [7, 11) is 0. The molecule has 2 heterocycles. The van der Waals surface area contributed by atoms with Gasteiger partial charge in [0.2, 0.25) is 0 Å². The highest BCUT2D eigenvalue weighted by Crippen LogP contribution is 2.46. The van der Waals surface area contributed by atoms with Crippen LogP contribution in [0.4, 0.5) is 0 Å². The molecular formula is C28H31NO3S. The molecule has 3 atom stereocenters. The van der Waals surface area contributed by atoms with Crippen molar-refractivity contribution in [3.8, 4) is 0 Å². The number of hydrogen-bond acceptors (Lipinski definition) is 5. The van der Waals surface area contributed by atoms with Crippen LogP contribution in [0.25, 0.3) is 0 Å². The zero-order valence-electron chi connectivity index (χ0n) is 18.9. The summed E-state index contributed by atoms with van der Waals surface area (Å²) in [6, 6.07) is 21.8.